The van der Waals surface area contributed by atoms with Gasteiger partial charge in [-0.15, -0.1) is 0 Å². The maximum Gasteiger partial charge on any atom is 0.392 e. The van der Waals surface area contributed by atoms with Gasteiger partial charge in [0.1, 0.15) is 5.75 Å². The molecule has 2 aliphatic rings. The second-order valence-electron chi connectivity index (χ2n) is 7.19. The number of halogens is 3. The van der Waals surface area contributed by atoms with Crippen molar-refractivity contribution in [2.24, 2.45) is 5.41 Å². The van der Waals surface area contributed by atoms with Crippen LogP contribution in [0.5, 0.6) is 5.75 Å². The summed E-state index contributed by atoms with van der Waals surface area (Å²) in [4.78, 5) is 0. The molecule has 1 atom stereocenters. The van der Waals surface area contributed by atoms with Crippen LogP contribution in [0.25, 0.3) is 0 Å². The van der Waals surface area contributed by atoms with Crippen LogP contribution in [-0.2, 0) is 11.2 Å². The van der Waals surface area contributed by atoms with Gasteiger partial charge in [-0.25, -0.2) is 0 Å². The largest absolute Gasteiger partial charge is 0.493 e. The highest BCUT2D eigenvalue weighted by atomic mass is 19.4. The van der Waals surface area contributed by atoms with Crippen molar-refractivity contribution in [2.75, 3.05) is 13.7 Å². The summed E-state index contributed by atoms with van der Waals surface area (Å²) in [5, 5.41) is 7.93. The van der Waals surface area contributed by atoms with Crippen LogP contribution in [0.2, 0.25) is 0 Å². The number of hydrogen-bond donors (Lipinski definition) is 1. The lowest BCUT2D eigenvalue weighted by molar-refractivity contribution is -0.139. The van der Waals surface area contributed by atoms with Crippen LogP contribution in [0.3, 0.4) is 0 Å². The summed E-state index contributed by atoms with van der Waals surface area (Å²) in [5.41, 5.74) is 2.27. The van der Waals surface area contributed by atoms with Crippen LogP contribution >= 0.6 is 0 Å². The van der Waals surface area contributed by atoms with Gasteiger partial charge in [0.05, 0.1) is 19.1 Å². The molecule has 1 aromatic carbocycles. The van der Waals surface area contributed by atoms with Gasteiger partial charge >= 0.3 is 6.18 Å². The SMILES string of the molecule is CO[C@H]1CC[C@]2(CC1)Cc1ccc(OCCC(F)(F)F)cc1C2C=N. The molecule has 0 heterocycles. The Kier molecular flexibility index (Phi) is 5.09. The first-order chi connectivity index (χ1) is 11.9. The predicted octanol–water partition coefficient (Wildman–Crippen LogP) is 4.88. The van der Waals surface area contributed by atoms with Crippen molar-refractivity contribution in [3.05, 3.63) is 29.3 Å². The maximum atomic E-state index is 12.3. The monoisotopic (exact) mass is 355 g/mol. The number of rotatable bonds is 5. The molecule has 0 amide bonds. The summed E-state index contributed by atoms with van der Waals surface area (Å²) < 4.78 is 47.6. The molecular formula is C19H24F3NO2. The van der Waals surface area contributed by atoms with Crippen LogP contribution in [0, 0.1) is 10.8 Å². The van der Waals surface area contributed by atoms with Crippen molar-refractivity contribution in [2.45, 2.75) is 56.7 Å². The van der Waals surface area contributed by atoms with Crippen molar-refractivity contribution in [1.29, 1.82) is 5.41 Å². The predicted molar refractivity (Wildman–Crippen MR) is 89.5 cm³/mol. The van der Waals surface area contributed by atoms with Gasteiger partial charge in [0.2, 0.25) is 0 Å². The summed E-state index contributed by atoms with van der Waals surface area (Å²) in [6, 6.07) is 5.53. The molecule has 1 saturated carbocycles. The quantitative estimate of drug-likeness (QED) is 0.765. The van der Waals surface area contributed by atoms with Crippen molar-refractivity contribution < 1.29 is 22.6 Å². The lowest BCUT2D eigenvalue weighted by Gasteiger charge is -2.40. The fourth-order valence-corrected chi connectivity index (χ4v) is 4.37. The lowest BCUT2D eigenvalue weighted by Crippen LogP contribution is -2.34. The van der Waals surface area contributed by atoms with E-state index >= 15 is 0 Å². The van der Waals surface area contributed by atoms with Crippen LogP contribution < -0.4 is 4.74 Å². The molecule has 1 fully saturated rings. The summed E-state index contributed by atoms with van der Waals surface area (Å²) in [6.07, 6.45) is 1.53. The number of methoxy groups -OCH3 is 1. The van der Waals surface area contributed by atoms with Gasteiger partial charge in [0, 0.05) is 19.2 Å². The van der Waals surface area contributed by atoms with Gasteiger partial charge in [-0.1, -0.05) is 6.07 Å². The first-order valence-corrected chi connectivity index (χ1v) is 8.73. The van der Waals surface area contributed by atoms with Crippen LogP contribution in [-0.4, -0.2) is 32.2 Å². The molecule has 3 rings (SSSR count). The third kappa shape index (κ3) is 3.84. The first-order valence-electron chi connectivity index (χ1n) is 8.73. The molecule has 0 aromatic heterocycles. The van der Waals surface area contributed by atoms with Gasteiger partial charge in [-0.3, -0.25) is 0 Å². The standard InChI is InChI=1S/C19H24F3NO2/c1-24-14-4-6-18(7-5-14)11-13-2-3-15(10-16(13)17(18)12-23)25-9-8-19(20,21)22/h2-3,10,12,14,17,23H,4-9,11H2,1H3/t14-,17?,18-. The zero-order valence-electron chi connectivity index (χ0n) is 14.4. The molecule has 1 N–H and O–H groups in total. The number of ether oxygens (including phenoxy) is 2. The molecule has 3 nitrogen and oxygen atoms in total. The van der Waals surface area contributed by atoms with Gasteiger partial charge in [0.25, 0.3) is 0 Å². The molecule has 25 heavy (non-hydrogen) atoms. The molecule has 2 aliphatic carbocycles. The Bertz CT molecular complexity index is 622. The van der Waals surface area contributed by atoms with Crippen molar-refractivity contribution >= 4 is 6.21 Å². The topological polar surface area (TPSA) is 42.3 Å². The second-order valence-corrected chi connectivity index (χ2v) is 7.19. The minimum atomic E-state index is -4.21. The smallest absolute Gasteiger partial charge is 0.392 e. The van der Waals surface area contributed by atoms with E-state index < -0.39 is 12.6 Å². The third-order valence-corrected chi connectivity index (χ3v) is 5.74. The lowest BCUT2D eigenvalue weighted by atomic mass is 9.66. The van der Waals surface area contributed by atoms with Gasteiger partial charge in [-0.2, -0.15) is 13.2 Å². The van der Waals surface area contributed by atoms with Crippen molar-refractivity contribution in [1.82, 2.24) is 0 Å². The number of nitrogens with one attached hydrogen (secondary N) is 1. The third-order valence-electron chi connectivity index (χ3n) is 5.74. The summed E-state index contributed by atoms with van der Waals surface area (Å²) >= 11 is 0. The fraction of sp³-hybridized carbons (Fsp3) is 0.632. The Morgan fingerprint density at radius 3 is 2.60 bits per heavy atom. The van der Waals surface area contributed by atoms with E-state index in [-0.39, 0.29) is 17.9 Å². The van der Waals surface area contributed by atoms with Gasteiger partial charge in [0.15, 0.2) is 0 Å². The average molecular weight is 355 g/mol. The second kappa shape index (κ2) is 6.98. The molecule has 1 unspecified atom stereocenters. The molecule has 0 saturated heterocycles. The maximum absolute atomic E-state index is 12.3. The highest BCUT2D eigenvalue weighted by Crippen LogP contribution is 2.55. The minimum absolute atomic E-state index is 0.00599. The van der Waals surface area contributed by atoms with Crippen molar-refractivity contribution in [3.8, 4) is 5.75 Å². The van der Waals surface area contributed by atoms with E-state index in [1.807, 2.05) is 12.1 Å². The number of benzene rings is 1. The normalized spacial score (nSPS) is 28.8. The van der Waals surface area contributed by atoms with Crippen molar-refractivity contribution in [3.63, 3.8) is 0 Å². The van der Waals surface area contributed by atoms with E-state index in [0.29, 0.717) is 11.9 Å². The molecule has 0 radical (unpaired) electrons. The van der Waals surface area contributed by atoms with Gasteiger partial charge in [-0.05, 0) is 60.8 Å². The van der Waals surface area contributed by atoms with Crippen LogP contribution in [0.15, 0.2) is 18.2 Å². The van der Waals surface area contributed by atoms with Crippen LogP contribution in [0.4, 0.5) is 13.2 Å². The van der Waals surface area contributed by atoms with E-state index in [1.54, 1.807) is 13.2 Å². The Balaban J connectivity index is 1.73. The zero-order valence-corrected chi connectivity index (χ0v) is 14.4. The number of hydrogen-bond acceptors (Lipinski definition) is 3. The highest BCUT2D eigenvalue weighted by Gasteiger charge is 2.47. The summed E-state index contributed by atoms with van der Waals surface area (Å²) in [7, 11) is 1.74. The molecule has 6 heteroatoms. The minimum Gasteiger partial charge on any atom is -0.493 e. The van der Waals surface area contributed by atoms with E-state index in [2.05, 4.69) is 0 Å². The molecule has 138 valence electrons. The number of fused-ring (bicyclic) bond motifs is 1. The molecule has 1 aromatic rings. The van der Waals surface area contributed by atoms with Gasteiger partial charge < -0.3 is 14.9 Å². The highest BCUT2D eigenvalue weighted by molar-refractivity contribution is 5.70. The Morgan fingerprint density at radius 2 is 2.00 bits per heavy atom. The summed E-state index contributed by atoms with van der Waals surface area (Å²) in [6.45, 7) is -0.377. The molecule has 1 spiro atoms. The Morgan fingerprint density at radius 1 is 1.28 bits per heavy atom. The number of alkyl halides is 3. The average Bonchev–Trinajstić information content (AvgIpc) is 2.86. The van der Waals surface area contributed by atoms with Crippen LogP contribution in [0.1, 0.15) is 49.1 Å². The van der Waals surface area contributed by atoms with E-state index in [4.69, 9.17) is 14.9 Å². The molecule has 0 bridgehead atoms. The fourth-order valence-electron chi connectivity index (χ4n) is 4.37. The van der Waals surface area contributed by atoms with E-state index in [1.165, 1.54) is 11.8 Å². The zero-order chi connectivity index (χ0) is 18.1. The molecule has 0 aliphatic heterocycles. The summed E-state index contributed by atoms with van der Waals surface area (Å²) in [5.74, 6) is 0.462. The first kappa shape index (κ1) is 18.2. The Hall–Kier alpha value is -1.56. The van der Waals surface area contributed by atoms with E-state index in [9.17, 15) is 13.2 Å². The van der Waals surface area contributed by atoms with E-state index in [0.717, 1.165) is 37.7 Å². The Labute approximate surface area is 146 Å². The molecular weight excluding hydrogens is 331 g/mol.